The van der Waals surface area contributed by atoms with Gasteiger partial charge in [0.1, 0.15) is 6.54 Å². The molecule has 0 spiro atoms. The van der Waals surface area contributed by atoms with Crippen LogP contribution in [0.2, 0.25) is 0 Å². The van der Waals surface area contributed by atoms with Gasteiger partial charge >= 0.3 is 0 Å². The van der Waals surface area contributed by atoms with Crippen LogP contribution in [0.15, 0.2) is 70.7 Å². The lowest BCUT2D eigenvalue weighted by Crippen LogP contribution is -2.39. The highest BCUT2D eigenvalue weighted by atomic mass is 32.2. The van der Waals surface area contributed by atoms with Gasteiger partial charge in [-0.05, 0) is 55.8 Å². The number of hydrogen-bond acceptors (Lipinski definition) is 8. The molecule has 11 heteroatoms. The van der Waals surface area contributed by atoms with E-state index in [1.807, 2.05) is 13.8 Å². The van der Waals surface area contributed by atoms with E-state index >= 15 is 0 Å². The van der Waals surface area contributed by atoms with Crippen LogP contribution in [-0.4, -0.2) is 55.0 Å². The maximum Gasteiger partial charge on any atom is 0.264 e. The molecule has 3 aromatic rings. The molecule has 0 atom stereocenters. The van der Waals surface area contributed by atoms with Crippen LogP contribution in [0.5, 0.6) is 23.0 Å². The highest BCUT2D eigenvalue weighted by molar-refractivity contribution is 7.92. The number of nitrogens with zero attached hydrogens (tertiary/aromatic N) is 2. The predicted molar refractivity (Wildman–Crippen MR) is 150 cm³/mol. The van der Waals surface area contributed by atoms with Crippen LogP contribution in [0.3, 0.4) is 0 Å². The lowest BCUT2D eigenvalue weighted by Gasteiger charge is -2.24. The Morgan fingerprint density at radius 1 is 0.821 bits per heavy atom. The number of methoxy groups -OCH3 is 4. The monoisotopic (exact) mass is 555 g/mol. The molecule has 1 N–H and O–H groups in total. The van der Waals surface area contributed by atoms with Crippen molar-refractivity contribution in [2.45, 2.75) is 25.2 Å². The highest BCUT2D eigenvalue weighted by Crippen LogP contribution is 2.34. The van der Waals surface area contributed by atoms with Crippen LogP contribution in [-0.2, 0) is 14.8 Å². The largest absolute Gasteiger partial charge is 0.493 e. The molecule has 1 amide bonds. The number of anilines is 1. The molecule has 10 nitrogen and oxygen atoms in total. The number of hydrogen-bond donors (Lipinski definition) is 1. The molecule has 0 aliphatic carbocycles. The lowest BCUT2D eigenvalue weighted by atomic mass is 10.1. The van der Waals surface area contributed by atoms with Gasteiger partial charge < -0.3 is 18.9 Å². The predicted octanol–water partition coefficient (Wildman–Crippen LogP) is 4.16. The first kappa shape index (κ1) is 29.3. The summed E-state index contributed by atoms with van der Waals surface area (Å²) in [6.45, 7) is 3.22. The average molecular weight is 556 g/mol. The summed E-state index contributed by atoms with van der Waals surface area (Å²) in [6, 6.07) is 16.3. The molecule has 0 aliphatic rings. The van der Waals surface area contributed by atoms with Crippen molar-refractivity contribution in [1.82, 2.24) is 5.43 Å². The van der Waals surface area contributed by atoms with E-state index in [1.54, 1.807) is 49.6 Å². The van der Waals surface area contributed by atoms with Gasteiger partial charge in [0.25, 0.3) is 15.9 Å². The summed E-state index contributed by atoms with van der Waals surface area (Å²) in [7, 11) is 1.87. The quantitative estimate of drug-likeness (QED) is 0.264. The van der Waals surface area contributed by atoms with Crippen LogP contribution >= 0.6 is 0 Å². The second-order valence-electron chi connectivity index (χ2n) is 8.38. The number of carbonyl (C=O) groups excluding carboxylic acids is 1. The van der Waals surface area contributed by atoms with E-state index in [4.69, 9.17) is 18.9 Å². The first-order valence-electron chi connectivity index (χ1n) is 12.1. The molecule has 3 aromatic carbocycles. The third-order valence-electron chi connectivity index (χ3n) is 5.92. The summed E-state index contributed by atoms with van der Waals surface area (Å²) in [5, 5.41) is 4.27. The number of sulfonamides is 1. The standard InChI is InChI=1S/C28H33N3O7S/c1-7-23(20-10-14-24(35-3)26(16-20)37-5)29-30-28(32)18-31(21-11-15-25(36-4)27(17-21)38-6)39(33,34)22-12-8-19(2)9-13-22/h8-17H,7,18H2,1-6H3,(H,30,32)/b29-23-. The number of benzene rings is 3. The molecular formula is C28H33N3O7S. The molecule has 0 saturated carbocycles. The first-order valence-corrected chi connectivity index (χ1v) is 13.5. The number of nitrogens with one attached hydrogen (secondary N) is 1. The topological polar surface area (TPSA) is 116 Å². The third-order valence-corrected chi connectivity index (χ3v) is 7.71. The number of hydrazone groups is 1. The molecular weight excluding hydrogens is 522 g/mol. The Labute approximate surface area is 229 Å². The Kier molecular flexibility index (Phi) is 9.78. The highest BCUT2D eigenvalue weighted by Gasteiger charge is 2.28. The SMILES string of the molecule is CC/C(=N/NC(=O)CN(c1ccc(OC)c(OC)c1)S(=O)(=O)c1ccc(C)cc1)c1ccc(OC)c(OC)c1. The minimum Gasteiger partial charge on any atom is -0.493 e. The lowest BCUT2D eigenvalue weighted by molar-refractivity contribution is -0.119. The second kappa shape index (κ2) is 13.0. The van der Waals surface area contributed by atoms with E-state index in [0.29, 0.717) is 35.1 Å². The number of aryl methyl sites for hydroxylation is 1. The van der Waals surface area contributed by atoms with Gasteiger partial charge in [-0.3, -0.25) is 9.10 Å². The molecule has 0 bridgehead atoms. The summed E-state index contributed by atoms with van der Waals surface area (Å²) in [5.74, 6) is 1.19. The normalized spacial score (nSPS) is 11.5. The molecule has 0 unspecified atom stereocenters. The summed E-state index contributed by atoms with van der Waals surface area (Å²) < 4.78 is 49.7. The Morgan fingerprint density at radius 2 is 1.38 bits per heavy atom. The Balaban J connectivity index is 1.95. The fourth-order valence-electron chi connectivity index (χ4n) is 3.79. The Morgan fingerprint density at radius 3 is 1.95 bits per heavy atom. The van der Waals surface area contributed by atoms with Crippen LogP contribution in [0.25, 0.3) is 0 Å². The van der Waals surface area contributed by atoms with Crippen molar-refractivity contribution in [2.24, 2.45) is 5.10 Å². The number of carbonyl (C=O) groups is 1. The number of rotatable bonds is 12. The van der Waals surface area contributed by atoms with Crippen molar-refractivity contribution in [3.8, 4) is 23.0 Å². The summed E-state index contributed by atoms with van der Waals surface area (Å²) >= 11 is 0. The minimum atomic E-state index is -4.13. The number of ether oxygens (including phenoxy) is 4. The molecule has 0 fully saturated rings. The molecule has 39 heavy (non-hydrogen) atoms. The van der Waals surface area contributed by atoms with Gasteiger partial charge in [-0.15, -0.1) is 0 Å². The second-order valence-corrected chi connectivity index (χ2v) is 10.2. The minimum absolute atomic E-state index is 0.0405. The van der Waals surface area contributed by atoms with Crippen LogP contribution in [0.4, 0.5) is 5.69 Å². The van der Waals surface area contributed by atoms with E-state index < -0.39 is 22.5 Å². The Hall–Kier alpha value is -4.25. The van der Waals surface area contributed by atoms with E-state index in [2.05, 4.69) is 10.5 Å². The van der Waals surface area contributed by atoms with Crippen LogP contribution < -0.4 is 28.7 Å². The molecule has 0 aromatic heterocycles. The first-order chi connectivity index (χ1) is 18.7. The summed E-state index contributed by atoms with van der Waals surface area (Å²) in [6.07, 6.45) is 0.497. The zero-order valence-corrected chi connectivity index (χ0v) is 23.7. The molecule has 0 saturated heterocycles. The molecule has 3 rings (SSSR count). The van der Waals surface area contributed by atoms with E-state index in [1.165, 1.54) is 39.5 Å². The van der Waals surface area contributed by atoms with Gasteiger partial charge in [-0.2, -0.15) is 5.10 Å². The van der Waals surface area contributed by atoms with E-state index in [-0.39, 0.29) is 10.6 Å². The fourth-order valence-corrected chi connectivity index (χ4v) is 5.20. The van der Waals surface area contributed by atoms with Crippen molar-refractivity contribution < 1.29 is 32.2 Å². The van der Waals surface area contributed by atoms with E-state index in [9.17, 15) is 13.2 Å². The third kappa shape index (κ3) is 6.80. The van der Waals surface area contributed by atoms with Crippen LogP contribution in [0.1, 0.15) is 24.5 Å². The zero-order chi connectivity index (χ0) is 28.6. The summed E-state index contributed by atoms with van der Waals surface area (Å²) in [5.41, 5.74) is 4.92. The maximum atomic E-state index is 13.7. The van der Waals surface area contributed by atoms with Gasteiger partial charge in [0.2, 0.25) is 0 Å². The van der Waals surface area contributed by atoms with Gasteiger partial charge in [-0.1, -0.05) is 24.6 Å². The molecule has 0 radical (unpaired) electrons. The molecule has 0 aliphatic heterocycles. The average Bonchev–Trinajstić information content (AvgIpc) is 2.95. The van der Waals surface area contributed by atoms with Crippen molar-refractivity contribution in [2.75, 3.05) is 39.3 Å². The smallest absolute Gasteiger partial charge is 0.264 e. The fraction of sp³-hybridized carbons (Fsp3) is 0.286. The Bertz CT molecular complexity index is 1440. The maximum absolute atomic E-state index is 13.7. The summed E-state index contributed by atoms with van der Waals surface area (Å²) in [4.78, 5) is 13.1. The van der Waals surface area contributed by atoms with Gasteiger partial charge in [-0.25, -0.2) is 13.8 Å². The van der Waals surface area contributed by atoms with Gasteiger partial charge in [0, 0.05) is 11.6 Å². The zero-order valence-electron chi connectivity index (χ0n) is 22.8. The van der Waals surface area contributed by atoms with E-state index in [0.717, 1.165) is 15.4 Å². The van der Waals surface area contributed by atoms with Crippen LogP contribution in [0, 0.1) is 6.92 Å². The molecule has 208 valence electrons. The van der Waals surface area contributed by atoms with Crippen molar-refractivity contribution in [3.63, 3.8) is 0 Å². The van der Waals surface area contributed by atoms with Gasteiger partial charge in [0.15, 0.2) is 23.0 Å². The number of amides is 1. The molecule has 0 heterocycles. The van der Waals surface area contributed by atoms with Crippen molar-refractivity contribution in [1.29, 1.82) is 0 Å². The van der Waals surface area contributed by atoms with Crippen molar-refractivity contribution in [3.05, 3.63) is 71.8 Å². The van der Waals surface area contributed by atoms with Gasteiger partial charge in [0.05, 0.1) is 44.7 Å². The van der Waals surface area contributed by atoms with Crippen molar-refractivity contribution >= 4 is 27.3 Å².